The molecule has 6 nitrogen and oxygen atoms in total. The van der Waals surface area contributed by atoms with Crippen LogP contribution in [-0.4, -0.2) is 29.1 Å². The van der Waals surface area contributed by atoms with E-state index in [1.165, 1.54) is 10.8 Å². The van der Waals surface area contributed by atoms with Crippen molar-refractivity contribution in [2.24, 2.45) is 0 Å². The number of pyridine rings is 1. The number of benzene rings is 7. The molecule has 0 spiro atoms. The largest absolute Gasteiger partial charge is 0.309 e. The molecule has 56 heavy (non-hydrogen) atoms. The van der Waals surface area contributed by atoms with Gasteiger partial charge in [-0.2, -0.15) is 0 Å². The summed E-state index contributed by atoms with van der Waals surface area (Å²) in [5.41, 5.74) is 12.8. The molecule has 7 aromatic carbocycles. The lowest BCUT2D eigenvalue weighted by Crippen LogP contribution is -2.00. The maximum Gasteiger partial charge on any atom is 0.164 e. The molecule has 0 unspecified atom stereocenters. The SMILES string of the molecule is c1ccc(-c2nc(-c3ccccc3)nc(-c3ccc(-n4c5ccccc5c5ccc(-c6ccc7c(c6)c6ncccc6n7-c6ccccc6)cc54)cc3)n2)cc1. The standard InChI is InChI=1S/C50H32N6/c1-4-13-33(14-5-1)48-52-49(34-15-6-2-7-16-34)54-50(53-48)35-22-26-39(27-23-35)56-43-20-11-10-19-40(43)41-28-24-37(32-46(41)56)36-25-29-44-42(31-36)47-45(21-12-30-51-47)55(44)38-17-8-3-9-18-38/h1-32H. The average molecular weight is 717 g/mol. The van der Waals surface area contributed by atoms with E-state index in [0.717, 1.165) is 72.2 Å². The van der Waals surface area contributed by atoms with Gasteiger partial charge in [0.25, 0.3) is 0 Å². The molecule has 0 aliphatic heterocycles. The molecular formula is C50H32N6. The normalized spacial score (nSPS) is 11.6. The zero-order valence-corrected chi connectivity index (χ0v) is 30.2. The Kier molecular flexibility index (Phi) is 7.38. The molecule has 6 heteroatoms. The molecule has 11 rings (SSSR count). The average Bonchev–Trinajstić information content (AvgIpc) is 3.79. The first-order valence-corrected chi connectivity index (χ1v) is 18.7. The van der Waals surface area contributed by atoms with Crippen molar-refractivity contribution in [3.05, 3.63) is 194 Å². The first kappa shape index (κ1) is 31.8. The number of fused-ring (bicyclic) bond motifs is 6. The van der Waals surface area contributed by atoms with Gasteiger partial charge in [-0.05, 0) is 83.9 Å². The van der Waals surface area contributed by atoms with Crippen molar-refractivity contribution in [1.29, 1.82) is 0 Å². The smallest absolute Gasteiger partial charge is 0.164 e. The minimum Gasteiger partial charge on any atom is -0.309 e. The lowest BCUT2D eigenvalue weighted by Gasteiger charge is -2.11. The zero-order valence-electron chi connectivity index (χ0n) is 30.2. The van der Waals surface area contributed by atoms with Gasteiger partial charge in [-0.3, -0.25) is 4.98 Å². The summed E-state index contributed by atoms with van der Waals surface area (Å²) in [6.45, 7) is 0. The van der Waals surface area contributed by atoms with Gasteiger partial charge in [0.15, 0.2) is 17.5 Å². The van der Waals surface area contributed by atoms with Crippen LogP contribution in [-0.2, 0) is 0 Å². The Hall–Kier alpha value is -7.70. The molecule has 4 heterocycles. The molecular weight excluding hydrogens is 685 g/mol. The zero-order chi connectivity index (χ0) is 37.0. The van der Waals surface area contributed by atoms with Gasteiger partial charge < -0.3 is 9.13 Å². The van der Waals surface area contributed by atoms with Crippen LogP contribution in [0.4, 0.5) is 0 Å². The summed E-state index contributed by atoms with van der Waals surface area (Å²) in [7, 11) is 0. The first-order valence-electron chi connectivity index (χ1n) is 18.7. The molecule has 0 radical (unpaired) electrons. The van der Waals surface area contributed by atoms with Gasteiger partial charge in [-0.15, -0.1) is 0 Å². The van der Waals surface area contributed by atoms with E-state index in [1.807, 2.05) is 72.9 Å². The summed E-state index contributed by atoms with van der Waals surface area (Å²) < 4.78 is 4.66. The summed E-state index contributed by atoms with van der Waals surface area (Å²) in [5.74, 6) is 1.92. The minimum absolute atomic E-state index is 0.632. The third-order valence-corrected chi connectivity index (χ3v) is 10.6. The van der Waals surface area contributed by atoms with Crippen molar-refractivity contribution < 1.29 is 0 Å². The van der Waals surface area contributed by atoms with Crippen LogP contribution in [0.15, 0.2) is 194 Å². The Labute approximate surface area is 322 Å². The molecule has 0 fully saturated rings. The second-order valence-corrected chi connectivity index (χ2v) is 13.9. The molecule has 0 aliphatic carbocycles. The second-order valence-electron chi connectivity index (χ2n) is 13.9. The van der Waals surface area contributed by atoms with E-state index in [2.05, 4.69) is 130 Å². The van der Waals surface area contributed by atoms with Crippen LogP contribution in [0.1, 0.15) is 0 Å². The monoisotopic (exact) mass is 716 g/mol. The lowest BCUT2D eigenvalue weighted by atomic mass is 10.0. The molecule has 0 saturated carbocycles. The third-order valence-electron chi connectivity index (χ3n) is 10.6. The predicted molar refractivity (Wildman–Crippen MR) is 228 cm³/mol. The molecule has 262 valence electrons. The van der Waals surface area contributed by atoms with Crippen molar-refractivity contribution in [2.45, 2.75) is 0 Å². The number of hydrogen-bond donors (Lipinski definition) is 0. The minimum atomic E-state index is 0.632. The van der Waals surface area contributed by atoms with Crippen molar-refractivity contribution in [2.75, 3.05) is 0 Å². The van der Waals surface area contributed by atoms with E-state index in [9.17, 15) is 0 Å². The highest BCUT2D eigenvalue weighted by Crippen LogP contribution is 2.38. The highest BCUT2D eigenvalue weighted by molar-refractivity contribution is 6.11. The van der Waals surface area contributed by atoms with Crippen molar-refractivity contribution in [3.63, 3.8) is 0 Å². The number of para-hydroxylation sites is 2. The van der Waals surface area contributed by atoms with Crippen LogP contribution in [0.3, 0.4) is 0 Å². The fourth-order valence-electron chi connectivity index (χ4n) is 8.00. The molecule has 0 saturated heterocycles. The fourth-order valence-corrected chi connectivity index (χ4v) is 8.00. The van der Waals surface area contributed by atoms with Crippen LogP contribution in [0.25, 0.3) is 100 Å². The summed E-state index contributed by atoms with van der Waals surface area (Å²) in [6, 6.07) is 65.6. The quantitative estimate of drug-likeness (QED) is 0.172. The van der Waals surface area contributed by atoms with Crippen LogP contribution in [0, 0.1) is 0 Å². The first-order chi connectivity index (χ1) is 27.8. The second kappa shape index (κ2) is 13.0. The van der Waals surface area contributed by atoms with E-state index < -0.39 is 0 Å². The van der Waals surface area contributed by atoms with Crippen molar-refractivity contribution >= 4 is 43.7 Å². The third kappa shape index (κ3) is 5.27. The van der Waals surface area contributed by atoms with Gasteiger partial charge in [0.2, 0.25) is 0 Å². The van der Waals surface area contributed by atoms with E-state index in [4.69, 9.17) is 19.9 Å². The summed E-state index contributed by atoms with van der Waals surface area (Å²) in [5, 5.41) is 3.54. The lowest BCUT2D eigenvalue weighted by molar-refractivity contribution is 1.07. The fraction of sp³-hybridized carbons (Fsp3) is 0. The van der Waals surface area contributed by atoms with Gasteiger partial charge in [-0.25, -0.2) is 15.0 Å². The van der Waals surface area contributed by atoms with Gasteiger partial charge in [0.05, 0.1) is 27.6 Å². The summed E-state index contributed by atoms with van der Waals surface area (Å²) >= 11 is 0. The van der Waals surface area contributed by atoms with Gasteiger partial charge in [0, 0.05) is 50.4 Å². The highest BCUT2D eigenvalue weighted by atomic mass is 15.0. The molecule has 11 aromatic rings. The van der Waals surface area contributed by atoms with Crippen LogP contribution in [0.2, 0.25) is 0 Å². The number of nitrogens with zero attached hydrogens (tertiary/aromatic N) is 6. The number of hydrogen-bond acceptors (Lipinski definition) is 4. The Bertz CT molecular complexity index is 3160. The summed E-state index contributed by atoms with van der Waals surface area (Å²) in [4.78, 5) is 19.7. The predicted octanol–water partition coefficient (Wildman–Crippen LogP) is 12.1. The Balaban J connectivity index is 1.03. The number of rotatable bonds is 6. The molecule has 4 aromatic heterocycles. The van der Waals surface area contributed by atoms with Gasteiger partial charge in [0.1, 0.15) is 0 Å². The van der Waals surface area contributed by atoms with E-state index in [-0.39, 0.29) is 0 Å². The molecule has 0 aliphatic rings. The number of aromatic nitrogens is 6. The molecule has 0 atom stereocenters. The maximum absolute atomic E-state index is 4.96. The Morgan fingerprint density at radius 2 is 0.786 bits per heavy atom. The van der Waals surface area contributed by atoms with Gasteiger partial charge in [-0.1, -0.05) is 115 Å². The van der Waals surface area contributed by atoms with E-state index in [1.54, 1.807) is 0 Å². The van der Waals surface area contributed by atoms with Crippen LogP contribution in [0.5, 0.6) is 0 Å². The van der Waals surface area contributed by atoms with Crippen LogP contribution < -0.4 is 0 Å². The Morgan fingerprint density at radius 1 is 0.304 bits per heavy atom. The van der Waals surface area contributed by atoms with E-state index >= 15 is 0 Å². The molecule has 0 N–H and O–H groups in total. The van der Waals surface area contributed by atoms with E-state index in [0.29, 0.717) is 17.5 Å². The van der Waals surface area contributed by atoms with Crippen molar-refractivity contribution in [1.82, 2.24) is 29.1 Å². The Morgan fingerprint density at radius 3 is 1.48 bits per heavy atom. The van der Waals surface area contributed by atoms with Crippen LogP contribution >= 0.6 is 0 Å². The highest BCUT2D eigenvalue weighted by Gasteiger charge is 2.18. The van der Waals surface area contributed by atoms with Crippen molar-refractivity contribution in [3.8, 4) is 56.7 Å². The maximum atomic E-state index is 4.96. The topological polar surface area (TPSA) is 61.4 Å². The molecule has 0 amide bonds. The van der Waals surface area contributed by atoms with Gasteiger partial charge >= 0.3 is 0 Å². The molecule has 0 bridgehead atoms. The summed E-state index contributed by atoms with van der Waals surface area (Å²) in [6.07, 6.45) is 1.88.